The first kappa shape index (κ1) is 12.8. The summed E-state index contributed by atoms with van der Waals surface area (Å²) in [4.78, 5) is 26.2. The molecule has 6 heteroatoms. The van der Waals surface area contributed by atoms with Crippen LogP contribution in [0.2, 0.25) is 0 Å². The number of aromatic nitrogens is 1. The summed E-state index contributed by atoms with van der Waals surface area (Å²) in [6.45, 7) is 3.04. The molecule has 19 heavy (non-hydrogen) atoms. The Hall–Kier alpha value is -2.63. The highest BCUT2D eigenvalue weighted by atomic mass is 16.4. The molecular formula is C13H13N3O3. The van der Waals surface area contributed by atoms with E-state index in [1.807, 2.05) is 0 Å². The van der Waals surface area contributed by atoms with Gasteiger partial charge in [-0.3, -0.25) is 9.59 Å². The summed E-state index contributed by atoms with van der Waals surface area (Å²) >= 11 is 0. The molecule has 3 N–H and O–H groups in total. The summed E-state index contributed by atoms with van der Waals surface area (Å²) in [6, 6.07) is 6.97. The second-order valence-electron chi connectivity index (χ2n) is 4.05. The van der Waals surface area contributed by atoms with Crippen LogP contribution in [0.4, 0.5) is 5.69 Å². The van der Waals surface area contributed by atoms with E-state index in [9.17, 15) is 9.59 Å². The molecule has 98 valence electrons. The van der Waals surface area contributed by atoms with Crippen molar-refractivity contribution < 1.29 is 14.0 Å². The van der Waals surface area contributed by atoms with Gasteiger partial charge >= 0.3 is 0 Å². The molecule has 0 saturated heterocycles. The van der Waals surface area contributed by atoms with Crippen LogP contribution >= 0.6 is 0 Å². The first-order valence-electron chi connectivity index (χ1n) is 5.62. The topological polar surface area (TPSA) is 98.2 Å². The number of hydrogen-bond acceptors (Lipinski definition) is 4. The Labute approximate surface area is 109 Å². The Morgan fingerprint density at radius 1 is 1.37 bits per heavy atom. The minimum Gasteiger partial charge on any atom is -0.441 e. The van der Waals surface area contributed by atoms with Gasteiger partial charge in [0.15, 0.2) is 5.69 Å². The van der Waals surface area contributed by atoms with E-state index in [0.717, 1.165) is 0 Å². The minimum atomic E-state index is -0.634. The monoisotopic (exact) mass is 259 g/mol. The lowest BCUT2D eigenvalue weighted by Crippen LogP contribution is -2.12. The Bertz CT molecular complexity index is 646. The Morgan fingerprint density at radius 3 is 2.68 bits per heavy atom. The van der Waals surface area contributed by atoms with Crippen molar-refractivity contribution in [2.75, 3.05) is 5.32 Å². The zero-order valence-electron chi connectivity index (χ0n) is 10.6. The third-order valence-electron chi connectivity index (χ3n) is 2.46. The quantitative estimate of drug-likeness (QED) is 0.876. The number of aryl methyl sites for hydroxylation is 1. The third kappa shape index (κ3) is 2.79. The van der Waals surface area contributed by atoms with E-state index in [4.69, 9.17) is 10.2 Å². The summed E-state index contributed by atoms with van der Waals surface area (Å²) < 4.78 is 5.40. The van der Waals surface area contributed by atoms with Crippen LogP contribution in [0.15, 0.2) is 28.7 Å². The lowest BCUT2D eigenvalue weighted by molar-refractivity contribution is -0.114. The molecule has 1 aromatic heterocycles. The van der Waals surface area contributed by atoms with Crippen LogP contribution in [0.25, 0.3) is 11.5 Å². The highest BCUT2D eigenvalue weighted by Gasteiger charge is 2.15. The summed E-state index contributed by atoms with van der Waals surface area (Å²) in [7, 11) is 0. The van der Waals surface area contributed by atoms with Crippen LogP contribution in [0, 0.1) is 6.92 Å². The maximum absolute atomic E-state index is 11.1. The van der Waals surface area contributed by atoms with Crippen molar-refractivity contribution in [2.24, 2.45) is 5.73 Å². The molecule has 0 unspecified atom stereocenters. The molecule has 1 heterocycles. The highest BCUT2D eigenvalue weighted by molar-refractivity contribution is 5.92. The third-order valence-corrected chi connectivity index (χ3v) is 2.46. The molecule has 6 nitrogen and oxygen atoms in total. The number of carbonyl (C=O) groups is 2. The number of nitrogens with zero attached hydrogens (tertiary/aromatic N) is 1. The minimum absolute atomic E-state index is 0.111. The Morgan fingerprint density at radius 2 is 2.11 bits per heavy atom. The second kappa shape index (κ2) is 4.93. The highest BCUT2D eigenvalue weighted by Crippen LogP contribution is 2.24. The molecule has 0 saturated carbocycles. The van der Waals surface area contributed by atoms with E-state index >= 15 is 0 Å². The van der Waals surface area contributed by atoms with Gasteiger partial charge in [-0.15, -0.1) is 0 Å². The lowest BCUT2D eigenvalue weighted by atomic mass is 10.2. The van der Waals surface area contributed by atoms with Gasteiger partial charge in [0.25, 0.3) is 5.91 Å². The number of oxazole rings is 1. The average molecular weight is 259 g/mol. The van der Waals surface area contributed by atoms with Crippen molar-refractivity contribution in [2.45, 2.75) is 13.8 Å². The van der Waals surface area contributed by atoms with Crippen LogP contribution in [0.5, 0.6) is 0 Å². The summed E-state index contributed by atoms with van der Waals surface area (Å²) in [5.41, 5.74) is 6.58. The summed E-state index contributed by atoms with van der Waals surface area (Å²) in [5, 5.41) is 2.66. The van der Waals surface area contributed by atoms with Crippen LogP contribution in [-0.4, -0.2) is 16.8 Å². The molecule has 0 radical (unpaired) electrons. The molecule has 0 aliphatic heterocycles. The van der Waals surface area contributed by atoms with Crippen molar-refractivity contribution >= 4 is 17.5 Å². The number of anilines is 1. The zero-order valence-corrected chi connectivity index (χ0v) is 10.6. The first-order valence-corrected chi connectivity index (χ1v) is 5.62. The van der Waals surface area contributed by atoms with Crippen molar-refractivity contribution in [3.63, 3.8) is 0 Å². The van der Waals surface area contributed by atoms with E-state index in [1.165, 1.54) is 6.92 Å². The van der Waals surface area contributed by atoms with Gasteiger partial charge in [0.2, 0.25) is 11.8 Å². The zero-order chi connectivity index (χ0) is 14.0. The van der Waals surface area contributed by atoms with E-state index < -0.39 is 5.91 Å². The molecule has 0 spiro atoms. The van der Waals surface area contributed by atoms with Gasteiger partial charge in [-0.05, 0) is 25.1 Å². The SMILES string of the molecule is CC(=O)Nc1cccc(-c2nc(C(N)=O)c(C)o2)c1. The maximum atomic E-state index is 11.1. The number of primary amides is 1. The molecule has 0 atom stereocenters. The molecular weight excluding hydrogens is 246 g/mol. The molecule has 2 aromatic rings. The number of nitrogens with two attached hydrogens (primary N) is 1. The van der Waals surface area contributed by atoms with E-state index in [0.29, 0.717) is 22.9 Å². The standard InChI is InChI=1S/C13H13N3O3/c1-7-11(12(14)18)16-13(19-7)9-4-3-5-10(6-9)15-8(2)17/h3-6H,1-2H3,(H2,14,18)(H,15,17). The number of carbonyl (C=O) groups excluding carboxylic acids is 2. The van der Waals surface area contributed by atoms with Gasteiger partial charge in [0.05, 0.1) is 0 Å². The Kier molecular flexibility index (Phi) is 3.33. The number of hydrogen-bond donors (Lipinski definition) is 2. The van der Waals surface area contributed by atoms with Crippen molar-refractivity contribution in [3.05, 3.63) is 35.7 Å². The molecule has 0 aliphatic carbocycles. The normalized spacial score (nSPS) is 10.2. The fourth-order valence-corrected chi connectivity index (χ4v) is 1.68. The number of nitrogens with one attached hydrogen (secondary N) is 1. The summed E-state index contributed by atoms with van der Waals surface area (Å²) in [6.07, 6.45) is 0. The van der Waals surface area contributed by atoms with E-state index in [-0.39, 0.29) is 11.6 Å². The second-order valence-corrected chi connectivity index (χ2v) is 4.05. The predicted octanol–water partition coefficient (Wildman–Crippen LogP) is 1.71. The fourth-order valence-electron chi connectivity index (χ4n) is 1.68. The lowest BCUT2D eigenvalue weighted by Gasteiger charge is -2.02. The Balaban J connectivity index is 2.39. The molecule has 0 fully saturated rings. The largest absolute Gasteiger partial charge is 0.441 e. The fraction of sp³-hybridized carbons (Fsp3) is 0.154. The van der Waals surface area contributed by atoms with Crippen LogP contribution in [0.1, 0.15) is 23.2 Å². The van der Waals surface area contributed by atoms with Gasteiger partial charge < -0.3 is 15.5 Å². The van der Waals surface area contributed by atoms with Crippen molar-refractivity contribution in [1.29, 1.82) is 0 Å². The van der Waals surface area contributed by atoms with Gasteiger partial charge in [-0.2, -0.15) is 0 Å². The molecule has 2 rings (SSSR count). The van der Waals surface area contributed by atoms with Crippen molar-refractivity contribution in [1.82, 2.24) is 4.98 Å². The molecule has 1 aromatic carbocycles. The van der Waals surface area contributed by atoms with Crippen LogP contribution < -0.4 is 11.1 Å². The van der Waals surface area contributed by atoms with Gasteiger partial charge in [-0.1, -0.05) is 6.07 Å². The van der Waals surface area contributed by atoms with Crippen LogP contribution in [0.3, 0.4) is 0 Å². The van der Waals surface area contributed by atoms with Crippen molar-refractivity contribution in [3.8, 4) is 11.5 Å². The molecule has 2 amide bonds. The number of rotatable bonds is 3. The number of benzene rings is 1. The first-order chi connectivity index (χ1) is 8.97. The number of amides is 2. The summed E-state index contributed by atoms with van der Waals surface area (Å²) in [5.74, 6) is -0.144. The molecule has 0 aliphatic rings. The van der Waals surface area contributed by atoms with E-state index in [1.54, 1.807) is 31.2 Å². The predicted molar refractivity (Wildman–Crippen MR) is 69.5 cm³/mol. The molecule has 0 bridgehead atoms. The van der Waals surface area contributed by atoms with Crippen LogP contribution in [-0.2, 0) is 4.79 Å². The van der Waals surface area contributed by atoms with Gasteiger partial charge in [0.1, 0.15) is 5.76 Å². The van der Waals surface area contributed by atoms with Gasteiger partial charge in [-0.25, -0.2) is 4.98 Å². The maximum Gasteiger partial charge on any atom is 0.270 e. The average Bonchev–Trinajstić information content (AvgIpc) is 2.71. The van der Waals surface area contributed by atoms with Gasteiger partial charge in [0, 0.05) is 18.2 Å². The smallest absolute Gasteiger partial charge is 0.270 e. The van der Waals surface area contributed by atoms with E-state index in [2.05, 4.69) is 10.3 Å².